The highest BCUT2D eigenvalue weighted by Gasteiger charge is 2.25. The molecule has 6 heteroatoms. The number of thiophene rings is 1. The first-order valence-electron chi connectivity index (χ1n) is 6.98. The van der Waals surface area contributed by atoms with Crippen LogP contribution in [0.25, 0.3) is 6.08 Å². The molecule has 1 fully saturated rings. The van der Waals surface area contributed by atoms with Crippen molar-refractivity contribution >= 4 is 45.2 Å². The fraction of sp³-hybridized carbons (Fsp3) is 0.467. The van der Waals surface area contributed by atoms with Gasteiger partial charge in [-0.1, -0.05) is 0 Å². The number of carbonyl (C=O) groups excluding carboxylic acids is 1. The molecular weight excluding hydrogens is 354 g/mol. The van der Waals surface area contributed by atoms with Crippen LogP contribution in [0.2, 0.25) is 0 Å². The minimum Gasteiger partial charge on any atom is -0.481 e. The van der Waals surface area contributed by atoms with Crippen molar-refractivity contribution in [2.45, 2.75) is 25.7 Å². The lowest BCUT2D eigenvalue weighted by Crippen LogP contribution is -2.31. The third-order valence-electron chi connectivity index (χ3n) is 3.75. The first kappa shape index (κ1) is 16.2. The Kier molecular flexibility index (Phi) is 5.99. The zero-order valence-corrected chi connectivity index (χ0v) is 14.0. The molecule has 0 aliphatic heterocycles. The molecule has 1 amide bonds. The van der Waals surface area contributed by atoms with Crippen molar-refractivity contribution in [1.82, 2.24) is 5.32 Å². The number of amides is 1. The lowest BCUT2D eigenvalue weighted by atomic mass is 9.82. The van der Waals surface area contributed by atoms with Gasteiger partial charge in [-0.3, -0.25) is 9.59 Å². The topological polar surface area (TPSA) is 66.4 Å². The van der Waals surface area contributed by atoms with Crippen LogP contribution in [0.4, 0.5) is 0 Å². The van der Waals surface area contributed by atoms with E-state index in [0.717, 1.165) is 34.3 Å². The second-order valence-electron chi connectivity index (χ2n) is 5.28. The number of carbonyl (C=O) groups is 2. The van der Waals surface area contributed by atoms with Crippen LogP contribution in [-0.4, -0.2) is 23.5 Å². The van der Waals surface area contributed by atoms with Gasteiger partial charge >= 0.3 is 5.97 Å². The van der Waals surface area contributed by atoms with Crippen molar-refractivity contribution in [2.24, 2.45) is 11.8 Å². The summed E-state index contributed by atoms with van der Waals surface area (Å²) in [6, 6.07) is 3.90. The fourth-order valence-corrected chi connectivity index (χ4v) is 3.82. The van der Waals surface area contributed by atoms with E-state index in [-0.39, 0.29) is 11.8 Å². The Balaban J connectivity index is 1.70. The Morgan fingerprint density at radius 1 is 1.33 bits per heavy atom. The summed E-state index contributed by atoms with van der Waals surface area (Å²) >= 11 is 4.95. The van der Waals surface area contributed by atoms with E-state index in [1.807, 2.05) is 12.1 Å². The maximum atomic E-state index is 11.7. The van der Waals surface area contributed by atoms with Crippen LogP contribution in [-0.2, 0) is 9.59 Å². The minimum atomic E-state index is -0.692. The maximum Gasteiger partial charge on any atom is 0.306 e. The van der Waals surface area contributed by atoms with Crippen LogP contribution in [0.1, 0.15) is 30.6 Å². The SMILES string of the molecule is O=C(C=Cc1ccc(Br)s1)NCC1CCC(C(=O)O)CC1. The van der Waals surface area contributed by atoms with Gasteiger partial charge in [0.1, 0.15) is 0 Å². The zero-order valence-electron chi connectivity index (χ0n) is 11.5. The predicted molar refractivity (Wildman–Crippen MR) is 87.1 cm³/mol. The molecule has 0 atom stereocenters. The van der Waals surface area contributed by atoms with Gasteiger partial charge in [-0.2, -0.15) is 0 Å². The molecule has 1 aromatic heterocycles. The largest absolute Gasteiger partial charge is 0.481 e. The van der Waals surface area contributed by atoms with Gasteiger partial charge in [0.15, 0.2) is 0 Å². The van der Waals surface area contributed by atoms with Crippen LogP contribution in [0.5, 0.6) is 0 Å². The number of nitrogens with one attached hydrogen (secondary N) is 1. The van der Waals surface area contributed by atoms with Gasteiger partial charge in [0, 0.05) is 17.5 Å². The van der Waals surface area contributed by atoms with E-state index in [4.69, 9.17) is 5.11 Å². The fourth-order valence-electron chi connectivity index (χ4n) is 2.49. The van der Waals surface area contributed by atoms with E-state index < -0.39 is 5.97 Å². The molecule has 1 aromatic rings. The minimum absolute atomic E-state index is 0.0973. The Morgan fingerprint density at radius 3 is 2.62 bits per heavy atom. The average Bonchev–Trinajstić information content (AvgIpc) is 2.89. The highest BCUT2D eigenvalue weighted by Crippen LogP contribution is 2.28. The third-order valence-corrected chi connectivity index (χ3v) is 5.34. The van der Waals surface area contributed by atoms with E-state index in [1.165, 1.54) is 0 Å². The van der Waals surface area contributed by atoms with Gasteiger partial charge in [0.2, 0.25) is 5.91 Å². The van der Waals surface area contributed by atoms with Gasteiger partial charge in [-0.25, -0.2) is 0 Å². The number of halogens is 1. The molecule has 1 aliphatic rings. The Bertz CT molecular complexity index is 533. The molecule has 114 valence electrons. The second-order valence-corrected chi connectivity index (χ2v) is 7.77. The van der Waals surface area contributed by atoms with Crippen molar-refractivity contribution in [3.05, 3.63) is 26.9 Å². The van der Waals surface area contributed by atoms with Crippen molar-refractivity contribution in [3.63, 3.8) is 0 Å². The number of carboxylic acids is 1. The normalized spacial score (nSPS) is 22.3. The average molecular weight is 372 g/mol. The molecule has 0 unspecified atom stereocenters. The molecule has 0 spiro atoms. The molecular formula is C15H18BrNO3S. The Morgan fingerprint density at radius 2 is 2.05 bits per heavy atom. The molecule has 1 saturated carbocycles. The number of aliphatic carboxylic acids is 1. The molecule has 2 N–H and O–H groups in total. The molecule has 4 nitrogen and oxygen atoms in total. The standard InChI is InChI=1S/C15H18BrNO3S/c16-13-7-5-12(21-13)6-8-14(18)17-9-10-1-3-11(4-2-10)15(19)20/h5-8,10-11H,1-4,9H2,(H,17,18)(H,19,20). The molecule has 21 heavy (non-hydrogen) atoms. The van der Waals surface area contributed by atoms with Crippen LogP contribution in [0, 0.1) is 11.8 Å². The van der Waals surface area contributed by atoms with E-state index >= 15 is 0 Å². The highest BCUT2D eigenvalue weighted by atomic mass is 79.9. The van der Waals surface area contributed by atoms with E-state index in [9.17, 15) is 9.59 Å². The van der Waals surface area contributed by atoms with Gasteiger partial charge in [-0.05, 0) is 65.7 Å². The van der Waals surface area contributed by atoms with Gasteiger partial charge in [-0.15, -0.1) is 11.3 Å². The first-order chi connectivity index (χ1) is 10.0. The summed E-state index contributed by atoms with van der Waals surface area (Å²) in [6.07, 6.45) is 6.52. The van der Waals surface area contributed by atoms with E-state index in [2.05, 4.69) is 21.2 Å². The zero-order chi connectivity index (χ0) is 15.2. The molecule has 0 radical (unpaired) electrons. The van der Waals surface area contributed by atoms with Gasteiger partial charge < -0.3 is 10.4 Å². The van der Waals surface area contributed by atoms with E-state index in [0.29, 0.717) is 12.5 Å². The highest BCUT2D eigenvalue weighted by molar-refractivity contribution is 9.11. The lowest BCUT2D eigenvalue weighted by Gasteiger charge is -2.25. The van der Waals surface area contributed by atoms with Crippen molar-refractivity contribution in [3.8, 4) is 0 Å². The quantitative estimate of drug-likeness (QED) is 0.777. The van der Waals surface area contributed by atoms with Crippen molar-refractivity contribution < 1.29 is 14.7 Å². The summed E-state index contributed by atoms with van der Waals surface area (Å²) in [7, 11) is 0. The van der Waals surface area contributed by atoms with E-state index in [1.54, 1.807) is 23.5 Å². The maximum absolute atomic E-state index is 11.7. The molecule has 0 bridgehead atoms. The van der Waals surface area contributed by atoms with Crippen LogP contribution >= 0.6 is 27.3 Å². The summed E-state index contributed by atoms with van der Waals surface area (Å²) in [5.41, 5.74) is 0. The molecule has 2 rings (SSSR count). The Hall–Kier alpha value is -1.14. The summed E-state index contributed by atoms with van der Waals surface area (Å²) in [5.74, 6) is -0.592. The van der Waals surface area contributed by atoms with Crippen LogP contribution in [0.15, 0.2) is 22.0 Å². The number of carboxylic acid groups (broad SMARTS) is 1. The predicted octanol–water partition coefficient (Wildman–Crippen LogP) is 3.53. The smallest absolute Gasteiger partial charge is 0.306 e. The Labute approximate surface area is 136 Å². The second kappa shape index (κ2) is 7.75. The van der Waals surface area contributed by atoms with Crippen LogP contribution in [0.3, 0.4) is 0 Å². The molecule has 0 aromatic carbocycles. The first-order valence-corrected chi connectivity index (χ1v) is 8.59. The van der Waals surface area contributed by atoms with Gasteiger partial charge in [0.05, 0.1) is 9.70 Å². The molecule has 1 aliphatic carbocycles. The van der Waals surface area contributed by atoms with Crippen molar-refractivity contribution in [2.75, 3.05) is 6.54 Å². The summed E-state index contributed by atoms with van der Waals surface area (Å²) in [4.78, 5) is 23.6. The van der Waals surface area contributed by atoms with Crippen LogP contribution < -0.4 is 5.32 Å². The molecule has 0 saturated heterocycles. The monoisotopic (exact) mass is 371 g/mol. The summed E-state index contributed by atoms with van der Waals surface area (Å²) < 4.78 is 1.04. The summed E-state index contributed by atoms with van der Waals surface area (Å²) in [5, 5.41) is 11.8. The lowest BCUT2D eigenvalue weighted by molar-refractivity contribution is -0.143. The number of hydrogen-bond donors (Lipinski definition) is 2. The number of rotatable bonds is 5. The third kappa shape index (κ3) is 5.28. The number of hydrogen-bond acceptors (Lipinski definition) is 3. The van der Waals surface area contributed by atoms with Gasteiger partial charge in [0.25, 0.3) is 0 Å². The van der Waals surface area contributed by atoms with Crippen molar-refractivity contribution in [1.29, 1.82) is 0 Å². The molecule has 1 heterocycles. The summed E-state index contributed by atoms with van der Waals surface area (Å²) in [6.45, 7) is 0.629.